The molecule has 3 amide bonds. The maximum atomic E-state index is 12.9. The number of imide groups is 1. The van der Waals surface area contributed by atoms with E-state index in [0.29, 0.717) is 6.54 Å². The Morgan fingerprint density at radius 3 is 2.43 bits per heavy atom. The second-order valence-corrected chi connectivity index (χ2v) is 9.41. The highest BCUT2D eigenvalue weighted by Crippen LogP contribution is 2.27. The number of amides is 3. The summed E-state index contributed by atoms with van der Waals surface area (Å²) in [5, 5.41) is 2.49. The predicted octanol–water partition coefficient (Wildman–Crippen LogP) is 2.37. The van der Waals surface area contributed by atoms with Gasteiger partial charge in [-0.3, -0.25) is 15.0 Å². The number of urea groups is 1. The summed E-state index contributed by atoms with van der Waals surface area (Å²) in [7, 11) is 1.70. The van der Waals surface area contributed by atoms with Crippen LogP contribution in [0.15, 0.2) is 65.7 Å². The molecule has 182 valence electrons. The van der Waals surface area contributed by atoms with E-state index in [0.717, 1.165) is 44.2 Å². The molecule has 0 radical (unpaired) electrons. The number of guanidine groups is 1. The summed E-state index contributed by atoms with van der Waals surface area (Å²) >= 11 is 0. The summed E-state index contributed by atoms with van der Waals surface area (Å²) in [6, 6.07) is 17.7. The number of hydrogen-bond donors (Lipinski definition) is 1. The minimum Gasteiger partial charge on any atom is -0.340 e. The standard InChI is InChI=1S/C27H32N6O2/c1-20-10-12-22(13-11-20)19-33-23-24(30(2)27(35)29-25(23)34)28-26(33)32-17-15-31(16-18-32)14-6-9-21-7-4-3-5-8-21/h3-13,23-24H,14-19H2,1-2H3,(H,29,34,35)/b9-6+. The molecule has 5 rings (SSSR count). The molecular formula is C27H32N6O2. The Hall–Kier alpha value is -3.65. The minimum absolute atomic E-state index is 0.284. The lowest BCUT2D eigenvalue weighted by molar-refractivity contribution is -0.127. The van der Waals surface area contributed by atoms with Crippen molar-refractivity contribution in [3.8, 4) is 0 Å². The number of nitrogens with one attached hydrogen (secondary N) is 1. The molecule has 2 saturated heterocycles. The van der Waals surface area contributed by atoms with Gasteiger partial charge in [0, 0.05) is 46.3 Å². The summed E-state index contributed by atoms with van der Waals surface area (Å²) in [6.07, 6.45) is 3.86. The van der Waals surface area contributed by atoms with E-state index in [1.165, 1.54) is 16.0 Å². The van der Waals surface area contributed by atoms with Crippen molar-refractivity contribution in [3.63, 3.8) is 0 Å². The highest BCUT2D eigenvalue weighted by atomic mass is 16.2. The van der Waals surface area contributed by atoms with Crippen LogP contribution in [-0.2, 0) is 11.3 Å². The molecule has 3 aliphatic rings. The van der Waals surface area contributed by atoms with Gasteiger partial charge in [0.05, 0.1) is 0 Å². The van der Waals surface area contributed by atoms with Gasteiger partial charge in [-0.15, -0.1) is 0 Å². The first-order valence-electron chi connectivity index (χ1n) is 12.2. The fraction of sp³-hybridized carbons (Fsp3) is 0.370. The second kappa shape index (κ2) is 9.92. The van der Waals surface area contributed by atoms with Gasteiger partial charge in [0.1, 0.15) is 0 Å². The third-order valence-corrected chi connectivity index (χ3v) is 6.94. The number of benzene rings is 2. The van der Waals surface area contributed by atoms with Gasteiger partial charge in [0.15, 0.2) is 18.2 Å². The molecule has 0 aromatic heterocycles. The van der Waals surface area contributed by atoms with Gasteiger partial charge in [-0.2, -0.15) is 0 Å². The van der Waals surface area contributed by atoms with Crippen LogP contribution in [-0.4, -0.2) is 89.5 Å². The van der Waals surface area contributed by atoms with Crippen LogP contribution in [0.1, 0.15) is 16.7 Å². The number of likely N-dealkylation sites (N-methyl/N-ethyl adjacent to an activating group) is 1. The van der Waals surface area contributed by atoms with E-state index in [2.05, 4.69) is 75.5 Å². The highest BCUT2D eigenvalue weighted by molar-refractivity contribution is 6.03. The third kappa shape index (κ3) is 4.93. The van der Waals surface area contributed by atoms with E-state index in [9.17, 15) is 9.59 Å². The zero-order valence-electron chi connectivity index (χ0n) is 20.3. The minimum atomic E-state index is -0.527. The molecule has 0 spiro atoms. The molecule has 8 nitrogen and oxygen atoms in total. The Morgan fingerprint density at radius 1 is 1.00 bits per heavy atom. The lowest BCUT2D eigenvalue weighted by atomic mass is 10.1. The maximum Gasteiger partial charge on any atom is 0.325 e. The zero-order valence-corrected chi connectivity index (χ0v) is 20.3. The highest BCUT2D eigenvalue weighted by Gasteiger charge is 2.49. The lowest BCUT2D eigenvalue weighted by Crippen LogP contribution is -2.64. The number of carbonyl (C=O) groups excluding carboxylic acids is 2. The van der Waals surface area contributed by atoms with E-state index in [1.807, 2.05) is 18.2 Å². The average Bonchev–Trinajstić information content (AvgIpc) is 3.25. The van der Waals surface area contributed by atoms with Crippen LogP contribution in [0.5, 0.6) is 0 Å². The van der Waals surface area contributed by atoms with Crippen molar-refractivity contribution < 1.29 is 9.59 Å². The lowest BCUT2D eigenvalue weighted by Gasteiger charge is -2.40. The summed E-state index contributed by atoms with van der Waals surface area (Å²) < 4.78 is 0. The largest absolute Gasteiger partial charge is 0.340 e. The maximum absolute atomic E-state index is 12.9. The van der Waals surface area contributed by atoms with Gasteiger partial charge < -0.3 is 14.7 Å². The summed E-state index contributed by atoms with van der Waals surface area (Å²) in [5.74, 6) is 0.519. The molecule has 0 aliphatic carbocycles. The van der Waals surface area contributed by atoms with Crippen molar-refractivity contribution in [1.82, 2.24) is 24.9 Å². The van der Waals surface area contributed by atoms with Crippen LogP contribution in [0.3, 0.4) is 0 Å². The zero-order chi connectivity index (χ0) is 24.4. The van der Waals surface area contributed by atoms with Crippen LogP contribution in [0.2, 0.25) is 0 Å². The number of aryl methyl sites for hydroxylation is 1. The van der Waals surface area contributed by atoms with Gasteiger partial charge in [-0.05, 0) is 18.1 Å². The first-order valence-corrected chi connectivity index (χ1v) is 12.2. The molecule has 2 unspecified atom stereocenters. The fourth-order valence-electron chi connectivity index (χ4n) is 4.87. The smallest absolute Gasteiger partial charge is 0.325 e. The van der Waals surface area contributed by atoms with Gasteiger partial charge in [-0.1, -0.05) is 72.3 Å². The van der Waals surface area contributed by atoms with Crippen molar-refractivity contribution in [2.45, 2.75) is 25.7 Å². The molecule has 0 bridgehead atoms. The summed E-state index contributed by atoms with van der Waals surface area (Å²) in [4.78, 5) is 38.4. The molecule has 35 heavy (non-hydrogen) atoms. The third-order valence-electron chi connectivity index (χ3n) is 6.94. The van der Waals surface area contributed by atoms with E-state index in [4.69, 9.17) is 4.99 Å². The van der Waals surface area contributed by atoms with Gasteiger partial charge >= 0.3 is 6.03 Å². The SMILES string of the molecule is Cc1ccc(CN2C(N3CCN(C/C=C/c4ccccc4)CC3)=NC3C2C(=O)NC(=O)N3C)cc1. The number of fused-ring (bicyclic) bond motifs is 1. The first kappa shape index (κ1) is 23.1. The van der Waals surface area contributed by atoms with E-state index in [1.54, 1.807) is 7.05 Å². The van der Waals surface area contributed by atoms with Crippen LogP contribution >= 0.6 is 0 Å². The normalized spacial score (nSPS) is 23.0. The molecule has 8 heteroatoms. The quantitative estimate of drug-likeness (QED) is 0.724. The molecule has 0 saturated carbocycles. The topological polar surface area (TPSA) is 71.5 Å². The van der Waals surface area contributed by atoms with Crippen LogP contribution in [0.25, 0.3) is 6.08 Å². The monoisotopic (exact) mass is 472 g/mol. The van der Waals surface area contributed by atoms with Crippen molar-refractivity contribution in [2.24, 2.45) is 4.99 Å². The Kier molecular flexibility index (Phi) is 6.55. The number of carbonyl (C=O) groups is 2. The van der Waals surface area contributed by atoms with E-state index >= 15 is 0 Å². The van der Waals surface area contributed by atoms with Crippen LogP contribution in [0, 0.1) is 6.92 Å². The predicted molar refractivity (Wildman–Crippen MR) is 137 cm³/mol. The van der Waals surface area contributed by atoms with E-state index in [-0.39, 0.29) is 5.91 Å². The molecule has 2 atom stereocenters. The summed E-state index contributed by atoms with van der Waals surface area (Å²) in [5.41, 5.74) is 3.51. The van der Waals surface area contributed by atoms with Crippen LogP contribution in [0.4, 0.5) is 4.79 Å². The molecule has 2 aromatic rings. The second-order valence-electron chi connectivity index (χ2n) is 9.41. The fourth-order valence-corrected chi connectivity index (χ4v) is 4.87. The average molecular weight is 473 g/mol. The van der Waals surface area contributed by atoms with Crippen molar-refractivity contribution in [1.29, 1.82) is 0 Å². The molecule has 2 aromatic carbocycles. The molecule has 3 heterocycles. The Bertz CT molecular complexity index is 1120. The van der Waals surface area contributed by atoms with Crippen molar-refractivity contribution >= 4 is 24.0 Å². The molecule has 2 fully saturated rings. The molecule has 3 aliphatic heterocycles. The number of aliphatic imine (C=N–C) groups is 1. The number of hydrogen-bond acceptors (Lipinski definition) is 6. The van der Waals surface area contributed by atoms with Gasteiger partial charge in [0.2, 0.25) is 0 Å². The van der Waals surface area contributed by atoms with Crippen molar-refractivity contribution in [3.05, 3.63) is 77.4 Å². The van der Waals surface area contributed by atoms with Gasteiger partial charge in [-0.25, -0.2) is 9.79 Å². The number of rotatable bonds is 5. The Balaban J connectivity index is 1.29. The number of piperazine rings is 1. The van der Waals surface area contributed by atoms with Crippen molar-refractivity contribution in [2.75, 3.05) is 39.8 Å². The summed E-state index contributed by atoms with van der Waals surface area (Å²) in [6.45, 7) is 6.98. The van der Waals surface area contributed by atoms with Crippen LogP contribution < -0.4 is 5.32 Å². The molecular weight excluding hydrogens is 440 g/mol. The van der Waals surface area contributed by atoms with Gasteiger partial charge in [0.25, 0.3) is 5.91 Å². The first-order chi connectivity index (χ1) is 17.0. The Labute approximate surface area is 206 Å². The van der Waals surface area contributed by atoms with E-state index < -0.39 is 18.2 Å². The molecule has 1 N–H and O–H groups in total. The number of nitrogens with zero attached hydrogens (tertiary/aromatic N) is 5. The Morgan fingerprint density at radius 2 is 1.71 bits per heavy atom.